The van der Waals surface area contributed by atoms with Gasteiger partial charge in [-0.2, -0.15) is 0 Å². The number of aromatic hydroxyl groups is 1. The van der Waals surface area contributed by atoms with Gasteiger partial charge in [0.2, 0.25) is 0 Å². The number of carbonyl (C=O) groups is 1. The molecule has 0 fully saturated rings. The summed E-state index contributed by atoms with van der Waals surface area (Å²) in [6, 6.07) is 2.55. The quantitative estimate of drug-likeness (QED) is 0.614. The highest BCUT2D eigenvalue weighted by atomic mass is 31.0. The Hall–Kier alpha value is -1.15. The van der Waals surface area contributed by atoms with Crippen molar-refractivity contribution in [2.24, 2.45) is 5.73 Å². The third-order valence-corrected chi connectivity index (χ3v) is 1.88. The van der Waals surface area contributed by atoms with Crippen LogP contribution < -0.4 is 11.0 Å². The number of amides is 1. The third-order valence-electron chi connectivity index (χ3n) is 1.40. The van der Waals surface area contributed by atoms with Crippen LogP contribution in [-0.2, 0) is 0 Å². The fraction of sp³-hybridized carbons (Fsp3) is 0. The minimum absolute atomic E-state index is 0.292. The third kappa shape index (κ3) is 1.38. The lowest BCUT2D eigenvalue weighted by Gasteiger charge is -2.03. The Labute approximate surface area is 70.6 Å². The molecule has 0 bridgehead atoms. The number of hydrogen-bond acceptors (Lipinski definition) is 2. The Morgan fingerprint density at radius 3 is 2.58 bits per heavy atom. The van der Waals surface area contributed by atoms with Crippen LogP contribution >= 0.6 is 9.24 Å². The second-order valence-corrected chi connectivity index (χ2v) is 2.85. The van der Waals surface area contributed by atoms with Crippen molar-refractivity contribution in [1.82, 2.24) is 0 Å². The van der Waals surface area contributed by atoms with E-state index in [4.69, 9.17) is 10.8 Å². The number of carbonyl (C=O) groups excluding carboxylic acids is 1. The van der Waals surface area contributed by atoms with E-state index in [-0.39, 0.29) is 5.56 Å². The lowest BCUT2D eigenvalue weighted by Crippen LogP contribution is -2.20. The molecular weight excluding hydrogens is 180 g/mol. The fourth-order valence-corrected chi connectivity index (χ4v) is 1.20. The van der Waals surface area contributed by atoms with Crippen LogP contribution in [0.25, 0.3) is 0 Å². The normalized spacial score (nSPS) is 9.83. The van der Waals surface area contributed by atoms with Crippen molar-refractivity contribution in [3.05, 3.63) is 23.5 Å². The van der Waals surface area contributed by atoms with Gasteiger partial charge < -0.3 is 10.8 Å². The summed E-state index contributed by atoms with van der Waals surface area (Å²) in [7, 11) is 2.16. The van der Waals surface area contributed by atoms with Gasteiger partial charge in [0.1, 0.15) is 0 Å². The average Bonchev–Trinajstić information content (AvgIpc) is 1.97. The highest BCUT2D eigenvalue weighted by Gasteiger charge is 2.14. The Bertz CT molecular complexity index is 340. The maximum absolute atomic E-state index is 12.9. The molecule has 1 aromatic rings. The van der Waals surface area contributed by atoms with E-state index in [1.54, 1.807) is 0 Å². The number of halogens is 1. The van der Waals surface area contributed by atoms with Crippen LogP contribution in [0.5, 0.6) is 5.75 Å². The minimum atomic E-state index is -0.977. The van der Waals surface area contributed by atoms with E-state index in [2.05, 4.69) is 9.24 Å². The summed E-state index contributed by atoms with van der Waals surface area (Å²) in [6.45, 7) is 0. The first-order chi connectivity index (χ1) is 5.54. The molecule has 0 aromatic heterocycles. The molecule has 0 aliphatic heterocycles. The van der Waals surface area contributed by atoms with Crippen molar-refractivity contribution in [3.8, 4) is 5.75 Å². The van der Waals surface area contributed by atoms with E-state index in [0.29, 0.717) is 5.30 Å². The summed E-state index contributed by atoms with van der Waals surface area (Å²) < 4.78 is 12.9. The molecule has 1 aromatic carbocycles. The first kappa shape index (κ1) is 8.94. The molecule has 0 spiro atoms. The van der Waals surface area contributed by atoms with E-state index >= 15 is 0 Å². The molecule has 12 heavy (non-hydrogen) atoms. The lowest BCUT2D eigenvalue weighted by molar-refractivity contribution is 0.0997. The van der Waals surface area contributed by atoms with Crippen molar-refractivity contribution >= 4 is 20.5 Å². The molecule has 64 valence electrons. The molecule has 1 atom stereocenters. The Morgan fingerprint density at radius 2 is 2.17 bits per heavy atom. The summed E-state index contributed by atoms with van der Waals surface area (Å²) in [6.07, 6.45) is 0. The summed E-state index contributed by atoms with van der Waals surface area (Å²) in [5.74, 6) is -2.45. The lowest BCUT2D eigenvalue weighted by atomic mass is 10.2. The van der Waals surface area contributed by atoms with Gasteiger partial charge in [0.25, 0.3) is 5.91 Å². The molecule has 0 aliphatic carbocycles. The number of benzene rings is 1. The Balaban J connectivity index is 3.43. The van der Waals surface area contributed by atoms with Crippen LogP contribution in [-0.4, -0.2) is 11.0 Å². The zero-order valence-corrected chi connectivity index (χ0v) is 7.20. The molecule has 0 saturated carbocycles. The van der Waals surface area contributed by atoms with Gasteiger partial charge in [-0.1, -0.05) is 6.07 Å². The zero-order valence-electron chi connectivity index (χ0n) is 6.04. The van der Waals surface area contributed by atoms with E-state index in [9.17, 15) is 9.18 Å². The SMILES string of the molecule is NC(=O)c1c(P)ccc(O)c1F. The van der Waals surface area contributed by atoms with Gasteiger partial charge in [0.15, 0.2) is 11.6 Å². The molecule has 3 N–H and O–H groups in total. The average molecular weight is 187 g/mol. The largest absolute Gasteiger partial charge is 0.505 e. The van der Waals surface area contributed by atoms with Gasteiger partial charge in [-0.15, -0.1) is 9.24 Å². The van der Waals surface area contributed by atoms with E-state index < -0.39 is 17.5 Å². The maximum atomic E-state index is 12.9. The molecule has 1 amide bonds. The summed E-state index contributed by atoms with van der Waals surface area (Å²) in [4.78, 5) is 10.7. The van der Waals surface area contributed by atoms with Crippen LogP contribution in [0, 0.1) is 5.82 Å². The number of phenolic OH excluding ortho intramolecular Hbond substituents is 1. The molecule has 3 nitrogen and oxygen atoms in total. The topological polar surface area (TPSA) is 63.3 Å². The van der Waals surface area contributed by atoms with Crippen LogP contribution in [0.2, 0.25) is 0 Å². The van der Waals surface area contributed by atoms with Crippen molar-refractivity contribution in [2.45, 2.75) is 0 Å². The first-order valence-electron chi connectivity index (χ1n) is 3.10. The number of rotatable bonds is 1. The molecular formula is C7H7FNO2P. The second kappa shape index (κ2) is 3.07. The van der Waals surface area contributed by atoms with Crippen molar-refractivity contribution in [1.29, 1.82) is 0 Å². The van der Waals surface area contributed by atoms with Gasteiger partial charge in [0, 0.05) is 0 Å². The maximum Gasteiger partial charge on any atom is 0.252 e. The number of primary amides is 1. The molecule has 0 radical (unpaired) electrons. The predicted molar refractivity (Wildman–Crippen MR) is 45.9 cm³/mol. The Kier molecular flexibility index (Phi) is 2.29. The smallest absolute Gasteiger partial charge is 0.252 e. The molecule has 1 rings (SSSR count). The van der Waals surface area contributed by atoms with Gasteiger partial charge in [0.05, 0.1) is 5.56 Å². The minimum Gasteiger partial charge on any atom is -0.505 e. The van der Waals surface area contributed by atoms with Crippen molar-refractivity contribution < 1.29 is 14.3 Å². The van der Waals surface area contributed by atoms with Gasteiger partial charge in [-0.3, -0.25) is 4.79 Å². The molecule has 0 saturated heterocycles. The molecule has 5 heteroatoms. The highest BCUT2D eigenvalue weighted by Crippen LogP contribution is 2.17. The van der Waals surface area contributed by atoms with Gasteiger partial charge in [-0.25, -0.2) is 4.39 Å². The number of phenols is 1. The van der Waals surface area contributed by atoms with Crippen molar-refractivity contribution in [3.63, 3.8) is 0 Å². The summed E-state index contributed by atoms with van der Waals surface area (Å²) in [5.41, 5.74) is 4.59. The molecule has 0 heterocycles. The van der Waals surface area contributed by atoms with E-state index in [1.807, 2.05) is 0 Å². The number of nitrogens with two attached hydrogens (primary N) is 1. The zero-order chi connectivity index (χ0) is 9.30. The van der Waals surface area contributed by atoms with Crippen LogP contribution in [0.3, 0.4) is 0 Å². The monoisotopic (exact) mass is 187 g/mol. The van der Waals surface area contributed by atoms with Gasteiger partial charge in [-0.05, 0) is 11.4 Å². The Morgan fingerprint density at radius 1 is 1.58 bits per heavy atom. The van der Waals surface area contributed by atoms with Crippen LogP contribution in [0.15, 0.2) is 12.1 Å². The van der Waals surface area contributed by atoms with Crippen LogP contribution in [0.1, 0.15) is 10.4 Å². The highest BCUT2D eigenvalue weighted by molar-refractivity contribution is 7.27. The van der Waals surface area contributed by atoms with E-state index in [1.165, 1.54) is 6.07 Å². The molecule has 1 unspecified atom stereocenters. The van der Waals surface area contributed by atoms with E-state index in [0.717, 1.165) is 6.07 Å². The van der Waals surface area contributed by atoms with Crippen LogP contribution in [0.4, 0.5) is 4.39 Å². The second-order valence-electron chi connectivity index (χ2n) is 2.23. The number of hydrogen-bond donors (Lipinski definition) is 2. The van der Waals surface area contributed by atoms with Gasteiger partial charge >= 0.3 is 0 Å². The summed E-state index contributed by atoms with van der Waals surface area (Å²) in [5, 5.41) is 9.21. The fourth-order valence-electron chi connectivity index (χ4n) is 0.830. The van der Waals surface area contributed by atoms with Crippen molar-refractivity contribution in [2.75, 3.05) is 0 Å². The first-order valence-corrected chi connectivity index (χ1v) is 3.68. The molecule has 0 aliphatic rings. The standard InChI is InChI=1S/C7H7FNO2P/c8-6-3(10)1-2-4(12)5(6)7(9)11/h1-2,10H,12H2,(H2,9,11). The predicted octanol–water partition coefficient (Wildman–Crippen LogP) is 0.131. The summed E-state index contributed by atoms with van der Waals surface area (Å²) >= 11 is 0.